The summed E-state index contributed by atoms with van der Waals surface area (Å²) in [5.74, 6) is 2.15. The molecule has 0 saturated carbocycles. The highest BCUT2D eigenvalue weighted by Crippen LogP contribution is 2.15. The summed E-state index contributed by atoms with van der Waals surface area (Å²) in [6.45, 7) is 0.789. The molecule has 1 aliphatic heterocycles. The molecule has 108 valence electrons. The molecule has 19 heavy (non-hydrogen) atoms. The van der Waals surface area contributed by atoms with E-state index >= 15 is 0 Å². The zero-order valence-corrected chi connectivity index (χ0v) is 9.78. The highest BCUT2D eigenvalue weighted by Gasteiger charge is 2.38. The van der Waals surface area contributed by atoms with Gasteiger partial charge in [-0.3, -0.25) is 16.1 Å². The van der Waals surface area contributed by atoms with E-state index < -0.39 is 12.1 Å². The number of nitrogens with one attached hydrogen (secondary N) is 1. The van der Waals surface area contributed by atoms with E-state index in [1.807, 2.05) is 0 Å². The second-order valence-electron chi connectivity index (χ2n) is 3.56. The number of rotatable bonds is 2. The first-order valence-corrected chi connectivity index (χ1v) is 5.16. The highest BCUT2D eigenvalue weighted by atomic mass is 19.4. The number of carbonyl (C=O) groups is 2. The van der Waals surface area contributed by atoms with Gasteiger partial charge in [-0.05, 0) is 12.8 Å². The summed E-state index contributed by atoms with van der Waals surface area (Å²) in [5, 5.41) is 15.8. The van der Waals surface area contributed by atoms with Gasteiger partial charge in [0.2, 0.25) is 5.91 Å². The Bertz CT molecular complexity index is 367. The topological polar surface area (TPSA) is 119 Å². The molecule has 10 heteroatoms. The Kier molecular flexibility index (Phi) is 6.81. The lowest BCUT2D eigenvalue weighted by Crippen LogP contribution is -2.42. The van der Waals surface area contributed by atoms with Gasteiger partial charge in [0.05, 0.1) is 12.6 Å². The van der Waals surface area contributed by atoms with Gasteiger partial charge in [0, 0.05) is 6.54 Å². The fourth-order valence-corrected chi connectivity index (χ4v) is 1.39. The van der Waals surface area contributed by atoms with Crippen LogP contribution in [0.4, 0.5) is 13.2 Å². The Balaban J connectivity index is 0.000000399. The molecule has 1 atom stereocenters. The van der Waals surface area contributed by atoms with E-state index in [0.717, 1.165) is 12.8 Å². The maximum absolute atomic E-state index is 11.2. The fraction of sp³-hybridized carbons (Fsp3) is 0.667. The molecular formula is C9H13F3N4O3. The molecular weight excluding hydrogens is 269 g/mol. The molecule has 0 aromatic rings. The average molecular weight is 282 g/mol. The number of hydrogen-bond acceptors (Lipinski definition) is 5. The number of hydrogen-bond donors (Lipinski definition) is 3. The van der Waals surface area contributed by atoms with Crippen molar-refractivity contribution in [3.63, 3.8) is 0 Å². The normalized spacial score (nSPS) is 18.3. The second-order valence-corrected chi connectivity index (χ2v) is 3.56. The number of carboxylic acids is 1. The lowest BCUT2D eigenvalue weighted by atomic mass is 10.2. The third-order valence-corrected chi connectivity index (χ3v) is 2.22. The molecule has 1 rings (SSSR count). The summed E-state index contributed by atoms with van der Waals surface area (Å²) in [4.78, 5) is 21.7. The van der Waals surface area contributed by atoms with Gasteiger partial charge in [0.15, 0.2) is 0 Å². The van der Waals surface area contributed by atoms with E-state index in [4.69, 9.17) is 21.0 Å². The second kappa shape index (κ2) is 7.55. The highest BCUT2D eigenvalue weighted by molar-refractivity contribution is 5.79. The number of hydrazine groups is 1. The Labute approximate surface area is 106 Å². The van der Waals surface area contributed by atoms with Crippen molar-refractivity contribution in [3.8, 4) is 6.07 Å². The summed E-state index contributed by atoms with van der Waals surface area (Å²) in [7, 11) is 0. The minimum absolute atomic E-state index is 0.0958. The van der Waals surface area contributed by atoms with Gasteiger partial charge >= 0.3 is 12.1 Å². The monoisotopic (exact) mass is 282 g/mol. The third-order valence-electron chi connectivity index (χ3n) is 2.22. The van der Waals surface area contributed by atoms with E-state index in [0.29, 0.717) is 6.54 Å². The van der Waals surface area contributed by atoms with Crippen molar-refractivity contribution >= 4 is 11.9 Å². The van der Waals surface area contributed by atoms with Crippen LogP contribution in [0.5, 0.6) is 0 Å². The average Bonchev–Trinajstić information content (AvgIpc) is 2.76. The summed E-state index contributed by atoms with van der Waals surface area (Å²) in [6.07, 6.45) is -3.39. The number of nitriles is 1. The van der Waals surface area contributed by atoms with Crippen LogP contribution in [-0.4, -0.2) is 47.2 Å². The van der Waals surface area contributed by atoms with Crippen molar-refractivity contribution in [2.45, 2.75) is 25.1 Å². The predicted octanol–water partition coefficient (Wildman–Crippen LogP) is -0.402. The third kappa shape index (κ3) is 6.03. The maximum Gasteiger partial charge on any atom is 0.490 e. The molecule has 0 spiro atoms. The van der Waals surface area contributed by atoms with Crippen molar-refractivity contribution < 1.29 is 27.9 Å². The van der Waals surface area contributed by atoms with Gasteiger partial charge in [-0.25, -0.2) is 4.79 Å². The van der Waals surface area contributed by atoms with Crippen LogP contribution < -0.4 is 11.3 Å². The van der Waals surface area contributed by atoms with Crippen molar-refractivity contribution in [1.29, 1.82) is 5.26 Å². The lowest BCUT2D eigenvalue weighted by molar-refractivity contribution is -0.192. The van der Waals surface area contributed by atoms with Gasteiger partial charge in [0.25, 0.3) is 0 Å². The SMILES string of the molecule is N#CC1CCCN1C(=O)CNN.O=C(O)C(F)(F)F. The number of nitrogens with zero attached hydrogens (tertiary/aromatic N) is 2. The Morgan fingerprint density at radius 1 is 1.53 bits per heavy atom. The molecule has 1 heterocycles. The smallest absolute Gasteiger partial charge is 0.475 e. The van der Waals surface area contributed by atoms with Crippen molar-refractivity contribution in [2.75, 3.05) is 13.1 Å². The van der Waals surface area contributed by atoms with Gasteiger partial charge in [0.1, 0.15) is 6.04 Å². The maximum atomic E-state index is 11.2. The zero-order chi connectivity index (χ0) is 15.1. The molecule has 0 radical (unpaired) electrons. The van der Waals surface area contributed by atoms with E-state index in [1.165, 1.54) is 0 Å². The molecule has 1 saturated heterocycles. The fourth-order valence-electron chi connectivity index (χ4n) is 1.39. The number of carboxylic acid groups (broad SMARTS) is 1. The standard InChI is InChI=1S/C7H12N4O.C2HF3O2/c8-4-6-2-1-3-11(6)7(12)5-10-9;3-2(4,5)1(6)7/h6,10H,1-3,5,9H2;(H,6,7). The predicted molar refractivity (Wildman–Crippen MR) is 56.2 cm³/mol. The summed E-state index contributed by atoms with van der Waals surface area (Å²) in [5.41, 5.74) is 2.29. The van der Waals surface area contributed by atoms with E-state index in [9.17, 15) is 18.0 Å². The number of carbonyl (C=O) groups excluding carboxylic acids is 1. The van der Waals surface area contributed by atoms with Crippen LogP contribution in [0.2, 0.25) is 0 Å². The molecule has 0 aliphatic carbocycles. The number of likely N-dealkylation sites (tertiary alicyclic amines) is 1. The van der Waals surface area contributed by atoms with Gasteiger partial charge in [-0.15, -0.1) is 0 Å². The molecule has 1 unspecified atom stereocenters. The summed E-state index contributed by atoms with van der Waals surface area (Å²) >= 11 is 0. The van der Waals surface area contributed by atoms with Crippen LogP contribution in [-0.2, 0) is 9.59 Å². The minimum Gasteiger partial charge on any atom is -0.475 e. The Hall–Kier alpha value is -1.86. The molecule has 1 amide bonds. The lowest BCUT2D eigenvalue weighted by Gasteiger charge is -2.18. The molecule has 0 aromatic carbocycles. The van der Waals surface area contributed by atoms with Crippen molar-refractivity contribution in [1.82, 2.24) is 10.3 Å². The molecule has 7 nitrogen and oxygen atoms in total. The van der Waals surface area contributed by atoms with E-state index in [-0.39, 0.29) is 18.5 Å². The largest absolute Gasteiger partial charge is 0.490 e. The number of halogens is 3. The van der Waals surface area contributed by atoms with Crippen molar-refractivity contribution in [3.05, 3.63) is 0 Å². The van der Waals surface area contributed by atoms with E-state index in [1.54, 1.807) is 4.90 Å². The van der Waals surface area contributed by atoms with Crippen LogP contribution in [0.3, 0.4) is 0 Å². The van der Waals surface area contributed by atoms with Crippen LogP contribution in [0.1, 0.15) is 12.8 Å². The van der Waals surface area contributed by atoms with Crippen LogP contribution >= 0.6 is 0 Å². The minimum atomic E-state index is -5.08. The zero-order valence-electron chi connectivity index (χ0n) is 9.78. The molecule has 1 fully saturated rings. The molecule has 0 bridgehead atoms. The van der Waals surface area contributed by atoms with Gasteiger partial charge < -0.3 is 10.0 Å². The van der Waals surface area contributed by atoms with Gasteiger partial charge in [-0.2, -0.15) is 18.4 Å². The Morgan fingerprint density at radius 3 is 2.42 bits per heavy atom. The van der Waals surface area contributed by atoms with Crippen LogP contribution in [0, 0.1) is 11.3 Å². The molecule has 0 aromatic heterocycles. The summed E-state index contributed by atoms with van der Waals surface area (Å²) < 4.78 is 31.7. The first-order valence-electron chi connectivity index (χ1n) is 5.16. The number of alkyl halides is 3. The van der Waals surface area contributed by atoms with E-state index in [2.05, 4.69) is 11.5 Å². The number of aliphatic carboxylic acids is 1. The molecule has 4 N–H and O–H groups in total. The van der Waals surface area contributed by atoms with Crippen molar-refractivity contribution in [2.24, 2.45) is 5.84 Å². The van der Waals surface area contributed by atoms with Crippen LogP contribution in [0.25, 0.3) is 0 Å². The number of amides is 1. The first-order chi connectivity index (χ1) is 8.73. The quantitative estimate of drug-likeness (QED) is 0.468. The molecule has 1 aliphatic rings. The van der Waals surface area contributed by atoms with Crippen LogP contribution in [0.15, 0.2) is 0 Å². The Morgan fingerprint density at radius 2 is 2.05 bits per heavy atom. The number of nitrogens with two attached hydrogens (primary N) is 1. The summed E-state index contributed by atoms with van der Waals surface area (Å²) in [6, 6.07) is 1.85. The van der Waals surface area contributed by atoms with Gasteiger partial charge in [-0.1, -0.05) is 0 Å². The first kappa shape index (κ1) is 17.1.